The number of alkyl halides is 3. The number of ether oxygens (including phenoxy) is 1. The van der Waals surface area contributed by atoms with Gasteiger partial charge in [-0.3, -0.25) is 10.0 Å². The van der Waals surface area contributed by atoms with E-state index in [1.165, 1.54) is 29.7 Å². The zero-order chi connectivity index (χ0) is 17.0. The molecule has 1 aromatic carbocycles. The van der Waals surface area contributed by atoms with Gasteiger partial charge in [-0.2, -0.15) is 13.2 Å². The van der Waals surface area contributed by atoms with Gasteiger partial charge in [0.2, 0.25) is 5.88 Å². The highest BCUT2D eigenvalue weighted by Crippen LogP contribution is 2.39. The van der Waals surface area contributed by atoms with Crippen molar-refractivity contribution in [3.05, 3.63) is 41.6 Å². The van der Waals surface area contributed by atoms with Gasteiger partial charge in [-0.1, -0.05) is 11.2 Å². The number of amides is 1. The van der Waals surface area contributed by atoms with Crippen molar-refractivity contribution in [1.29, 1.82) is 0 Å². The maximum absolute atomic E-state index is 12.6. The minimum atomic E-state index is -4.56. The van der Waals surface area contributed by atoms with Crippen LogP contribution in [-0.4, -0.2) is 31.8 Å². The summed E-state index contributed by atoms with van der Waals surface area (Å²) in [6, 6.07) is 4.96. The van der Waals surface area contributed by atoms with Crippen molar-refractivity contribution in [1.82, 2.24) is 15.4 Å². The van der Waals surface area contributed by atoms with Crippen molar-refractivity contribution in [2.45, 2.75) is 17.0 Å². The lowest BCUT2D eigenvalue weighted by atomic mass is 10.1. The van der Waals surface area contributed by atoms with Gasteiger partial charge < -0.3 is 9.94 Å². The molecule has 7 nitrogen and oxygen atoms in total. The Balaban J connectivity index is 2.33. The molecule has 23 heavy (non-hydrogen) atoms. The summed E-state index contributed by atoms with van der Waals surface area (Å²) in [5.74, 6) is -1.02. The molecule has 1 aromatic heterocycles. The fourth-order valence-corrected chi connectivity index (χ4v) is 2.42. The molecule has 0 aliphatic rings. The third kappa shape index (κ3) is 4.53. The lowest BCUT2D eigenvalue weighted by Crippen LogP contribution is -2.21. The van der Waals surface area contributed by atoms with E-state index in [9.17, 15) is 18.0 Å². The molecule has 0 aliphatic heterocycles. The second-order valence-corrected chi connectivity index (χ2v) is 5.24. The Morgan fingerprint density at radius 1 is 1.39 bits per heavy atom. The lowest BCUT2D eigenvalue weighted by Gasteiger charge is -2.14. The summed E-state index contributed by atoms with van der Waals surface area (Å²) in [5, 5.41) is 21.2. The Labute approximate surface area is 131 Å². The fourth-order valence-electron chi connectivity index (χ4n) is 1.73. The molecular weight excluding hydrogens is 339 g/mol. The molecule has 0 saturated carbocycles. The van der Waals surface area contributed by atoms with E-state index in [4.69, 9.17) is 15.2 Å². The van der Waals surface area contributed by atoms with Gasteiger partial charge in [0.1, 0.15) is 6.61 Å². The molecule has 0 saturated heterocycles. The molecule has 0 bridgehead atoms. The minimum Gasteiger partial charge on any atom is -0.472 e. The van der Waals surface area contributed by atoms with Crippen LogP contribution in [0.1, 0.15) is 15.9 Å². The Morgan fingerprint density at radius 3 is 2.70 bits per heavy atom. The molecule has 3 N–H and O–H groups in total. The van der Waals surface area contributed by atoms with Gasteiger partial charge in [-0.05, 0) is 23.9 Å². The van der Waals surface area contributed by atoms with E-state index < -0.39 is 29.8 Å². The number of hydrogen-bond acceptors (Lipinski definition) is 6. The average molecular weight is 349 g/mol. The number of hydrogen-bond donors (Lipinski definition) is 3. The van der Waals surface area contributed by atoms with Gasteiger partial charge in [0, 0.05) is 22.1 Å². The van der Waals surface area contributed by atoms with Crippen molar-refractivity contribution < 1.29 is 33.1 Å². The molecule has 0 radical (unpaired) electrons. The number of carbonyl (C=O) groups excluding carboxylic acids is 1. The SMILES string of the molecule is O=C(NO)c1cccc(SC(F)(F)F)c1COc1ccn(O)n1. The van der Waals surface area contributed by atoms with E-state index in [-0.39, 0.29) is 21.9 Å². The number of rotatable bonds is 5. The van der Waals surface area contributed by atoms with Gasteiger partial charge in [0.15, 0.2) is 0 Å². The zero-order valence-electron chi connectivity index (χ0n) is 11.2. The summed E-state index contributed by atoms with van der Waals surface area (Å²) >= 11 is -0.407. The van der Waals surface area contributed by atoms with Crippen LogP contribution < -0.4 is 10.2 Å². The number of thioether (sulfide) groups is 1. The molecule has 0 atom stereocenters. The van der Waals surface area contributed by atoms with Gasteiger partial charge in [-0.15, -0.1) is 4.85 Å². The summed E-state index contributed by atoms with van der Waals surface area (Å²) < 4.78 is 43.0. The number of halogens is 3. The monoisotopic (exact) mass is 349 g/mol. The van der Waals surface area contributed by atoms with Crippen LogP contribution in [0.15, 0.2) is 35.4 Å². The van der Waals surface area contributed by atoms with Gasteiger partial charge >= 0.3 is 5.51 Å². The molecule has 1 heterocycles. The first kappa shape index (κ1) is 17.0. The summed E-state index contributed by atoms with van der Waals surface area (Å²) in [6.07, 6.45) is 1.16. The predicted molar refractivity (Wildman–Crippen MR) is 71.4 cm³/mol. The van der Waals surface area contributed by atoms with Gasteiger partial charge in [0.05, 0.1) is 6.20 Å². The van der Waals surface area contributed by atoms with Crippen molar-refractivity contribution in [2.75, 3.05) is 0 Å². The van der Waals surface area contributed by atoms with Crippen molar-refractivity contribution in [2.24, 2.45) is 0 Å². The number of nitrogens with one attached hydrogen (secondary N) is 1. The topological polar surface area (TPSA) is 96.6 Å². The molecule has 0 spiro atoms. The summed E-state index contributed by atoms with van der Waals surface area (Å²) in [7, 11) is 0. The third-order valence-corrected chi connectivity index (χ3v) is 3.45. The standard InChI is InChI=1S/C12H10F3N3O4S/c13-12(14,15)23-9-3-1-2-7(11(19)17-20)8(9)6-22-10-4-5-18(21)16-10/h1-5,20-21H,6H2,(H,17,19). The van der Waals surface area contributed by atoms with Crippen LogP contribution in [0.5, 0.6) is 5.88 Å². The molecule has 1 amide bonds. The molecular formula is C12H10F3N3O4S. The van der Waals surface area contributed by atoms with E-state index in [0.29, 0.717) is 4.85 Å². The quantitative estimate of drug-likeness (QED) is 0.332. The number of hydroxylamine groups is 1. The summed E-state index contributed by atoms with van der Waals surface area (Å²) in [5.41, 5.74) is -3.44. The average Bonchev–Trinajstić information content (AvgIpc) is 2.89. The molecule has 0 aliphatic carbocycles. The third-order valence-electron chi connectivity index (χ3n) is 2.62. The van der Waals surface area contributed by atoms with Crippen molar-refractivity contribution in [3.63, 3.8) is 0 Å². The van der Waals surface area contributed by atoms with Gasteiger partial charge in [0.25, 0.3) is 5.91 Å². The molecule has 11 heteroatoms. The largest absolute Gasteiger partial charge is 0.472 e. The summed E-state index contributed by atoms with van der Waals surface area (Å²) in [6.45, 7) is -0.418. The van der Waals surface area contributed by atoms with E-state index in [0.717, 1.165) is 6.20 Å². The Morgan fingerprint density at radius 2 is 2.13 bits per heavy atom. The van der Waals surface area contributed by atoms with Crippen LogP contribution in [0.4, 0.5) is 13.2 Å². The zero-order valence-corrected chi connectivity index (χ0v) is 12.1. The number of aromatic nitrogens is 2. The molecule has 2 aromatic rings. The highest BCUT2D eigenvalue weighted by Gasteiger charge is 2.31. The second-order valence-electron chi connectivity index (χ2n) is 4.13. The number of nitrogens with zero attached hydrogens (tertiary/aromatic N) is 2. The van der Waals surface area contributed by atoms with Crippen LogP contribution in [-0.2, 0) is 6.61 Å². The Hall–Kier alpha value is -2.40. The highest BCUT2D eigenvalue weighted by molar-refractivity contribution is 8.00. The van der Waals surface area contributed by atoms with E-state index >= 15 is 0 Å². The Kier molecular flexibility index (Phi) is 5.01. The maximum atomic E-state index is 12.6. The number of benzene rings is 1. The van der Waals surface area contributed by atoms with Crippen LogP contribution in [0.2, 0.25) is 0 Å². The van der Waals surface area contributed by atoms with E-state index in [1.807, 2.05) is 0 Å². The normalized spacial score (nSPS) is 11.3. The maximum Gasteiger partial charge on any atom is 0.446 e. The molecule has 2 rings (SSSR count). The second kappa shape index (κ2) is 6.79. The highest BCUT2D eigenvalue weighted by atomic mass is 32.2. The fraction of sp³-hybridized carbons (Fsp3) is 0.167. The molecule has 0 unspecified atom stereocenters. The van der Waals surface area contributed by atoms with E-state index in [1.54, 1.807) is 0 Å². The van der Waals surface area contributed by atoms with Crippen LogP contribution in [0.3, 0.4) is 0 Å². The Bertz CT molecular complexity index is 705. The molecule has 124 valence electrons. The first-order valence-corrected chi connectivity index (χ1v) is 6.81. The lowest BCUT2D eigenvalue weighted by molar-refractivity contribution is -0.0328. The van der Waals surface area contributed by atoms with Crippen molar-refractivity contribution >= 4 is 17.7 Å². The first-order chi connectivity index (χ1) is 10.8. The minimum absolute atomic E-state index is 0.0466. The molecule has 0 fully saturated rings. The van der Waals surface area contributed by atoms with E-state index in [2.05, 4.69) is 5.10 Å². The summed E-state index contributed by atoms with van der Waals surface area (Å²) in [4.78, 5) is 11.8. The van der Waals surface area contributed by atoms with Crippen molar-refractivity contribution in [3.8, 4) is 5.88 Å². The van der Waals surface area contributed by atoms with Crippen LogP contribution in [0.25, 0.3) is 0 Å². The first-order valence-electron chi connectivity index (χ1n) is 6.00. The van der Waals surface area contributed by atoms with Crippen LogP contribution in [0, 0.1) is 0 Å². The van der Waals surface area contributed by atoms with Crippen LogP contribution >= 0.6 is 11.8 Å². The van der Waals surface area contributed by atoms with Gasteiger partial charge in [-0.25, -0.2) is 5.48 Å². The predicted octanol–water partition coefficient (Wildman–Crippen LogP) is 2.43. The number of carbonyl (C=O) groups is 1. The smallest absolute Gasteiger partial charge is 0.446 e.